The molecule has 0 amide bonds. The summed E-state index contributed by atoms with van der Waals surface area (Å²) in [5, 5.41) is 9.32. The first kappa shape index (κ1) is 11.0. The largest absolute Gasteiger partial charge is 0.391 e. The molecule has 14 heavy (non-hydrogen) atoms. The normalized spacial score (nSPS) is 14.9. The highest BCUT2D eigenvalue weighted by molar-refractivity contribution is 5.46. The van der Waals surface area contributed by atoms with Crippen LogP contribution in [0.2, 0.25) is 0 Å². The van der Waals surface area contributed by atoms with Crippen molar-refractivity contribution in [2.24, 2.45) is 5.73 Å². The van der Waals surface area contributed by atoms with Crippen molar-refractivity contribution in [2.45, 2.75) is 19.1 Å². The standard InChI is InChI=1S/C11H18N2O/c1-8(14)11(12)9-4-6-10(7-5-9)13(2)3/h4-8,11,14H,12H2,1-3H3/t8?,11-/m1/s1. The molecule has 1 rings (SSSR count). The summed E-state index contributed by atoms with van der Waals surface area (Å²) in [4.78, 5) is 2.03. The molecule has 0 aliphatic carbocycles. The van der Waals surface area contributed by atoms with E-state index in [1.54, 1.807) is 6.92 Å². The lowest BCUT2D eigenvalue weighted by molar-refractivity contribution is 0.164. The average Bonchev–Trinajstić information content (AvgIpc) is 2.16. The molecule has 2 atom stereocenters. The molecule has 0 bridgehead atoms. The van der Waals surface area contributed by atoms with Gasteiger partial charge in [-0.3, -0.25) is 0 Å². The SMILES string of the molecule is CC(O)[C@@H](N)c1ccc(N(C)C)cc1. The predicted octanol–water partition coefficient (Wildman–Crippen LogP) is 1.13. The fraction of sp³-hybridized carbons (Fsp3) is 0.455. The third kappa shape index (κ3) is 2.47. The summed E-state index contributed by atoms with van der Waals surface area (Å²) >= 11 is 0. The predicted molar refractivity (Wildman–Crippen MR) is 59.4 cm³/mol. The van der Waals surface area contributed by atoms with Gasteiger partial charge in [0.25, 0.3) is 0 Å². The van der Waals surface area contributed by atoms with Crippen molar-refractivity contribution in [1.82, 2.24) is 0 Å². The molecule has 1 unspecified atom stereocenters. The van der Waals surface area contributed by atoms with E-state index in [0.29, 0.717) is 0 Å². The van der Waals surface area contributed by atoms with Crippen LogP contribution < -0.4 is 10.6 Å². The van der Waals surface area contributed by atoms with Gasteiger partial charge in [-0.05, 0) is 24.6 Å². The van der Waals surface area contributed by atoms with Gasteiger partial charge in [-0.2, -0.15) is 0 Å². The third-order valence-corrected chi connectivity index (χ3v) is 2.31. The van der Waals surface area contributed by atoms with Crippen molar-refractivity contribution in [3.8, 4) is 0 Å². The summed E-state index contributed by atoms with van der Waals surface area (Å²) in [5.74, 6) is 0. The van der Waals surface area contributed by atoms with Crippen LogP contribution in [0.5, 0.6) is 0 Å². The molecule has 0 heterocycles. The first-order chi connectivity index (χ1) is 6.52. The van der Waals surface area contributed by atoms with E-state index in [2.05, 4.69) is 0 Å². The number of rotatable bonds is 3. The van der Waals surface area contributed by atoms with Crippen LogP contribution in [-0.2, 0) is 0 Å². The van der Waals surface area contributed by atoms with Crippen LogP contribution in [-0.4, -0.2) is 25.3 Å². The van der Waals surface area contributed by atoms with Gasteiger partial charge in [0, 0.05) is 19.8 Å². The highest BCUT2D eigenvalue weighted by Crippen LogP contribution is 2.18. The van der Waals surface area contributed by atoms with Crippen molar-refractivity contribution >= 4 is 5.69 Å². The van der Waals surface area contributed by atoms with Gasteiger partial charge < -0.3 is 15.7 Å². The van der Waals surface area contributed by atoms with E-state index < -0.39 is 6.10 Å². The molecule has 0 aliphatic rings. The second-order valence-electron chi connectivity index (χ2n) is 3.75. The minimum atomic E-state index is -0.514. The first-order valence-corrected chi connectivity index (χ1v) is 4.73. The number of anilines is 1. The molecule has 3 heteroatoms. The molecule has 0 saturated carbocycles. The summed E-state index contributed by atoms with van der Waals surface area (Å²) in [6, 6.07) is 7.60. The summed E-state index contributed by atoms with van der Waals surface area (Å²) in [6.07, 6.45) is -0.514. The number of nitrogens with zero attached hydrogens (tertiary/aromatic N) is 1. The number of aliphatic hydroxyl groups excluding tert-OH is 1. The molecule has 1 aromatic rings. The second kappa shape index (κ2) is 4.44. The van der Waals surface area contributed by atoms with Crippen molar-refractivity contribution in [2.75, 3.05) is 19.0 Å². The Hall–Kier alpha value is -1.06. The Morgan fingerprint density at radius 3 is 2.07 bits per heavy atom. The van der Waals surface area contributed by atoms with Crippen molar-refractivity contribution in [3.63, 3.8) is 0 Å². The van der Waals surface area contributed by atoms with E-state index in [9.17, 15) is 5.11 Å². The van der Waals surface area contributed by atoms with E-state index in [1.165, 1.54) is 0 Å². The molecular formula is C11H18N2O. The minimum absolute atomic E-state index is 0.300. The maximum absolute atomic E-state index is 9.32. The first-order valence-electron chi connectivity index (χ1n) is 4.73. The zero-order chi connectivity index (χ0) is 10.7. The molecule has 3 nitrogen and oxygen atoms in total. The molecule has 78 valence electrons. The monoisotopic (exact) mass is 194 g/mol. The van der Waals surface area contributed by atoms with E-state index in [-0.39, 0.29) is 6.04 Å². The van der Waals surface area contributed by atoms with Gasteiger partial charge in [0.15, 0.2) is 0 Å². The number of nitrogens with two attached hydrogens (primary N) is 1. The summed E-state index contributed by atoms with van der Waals surface area (Å²) < 4.78 is 0. The second-order valence-corrected chi connectivity index (χ2v) is 3.75. The molecule has 0 saturated heterocycles. The van der Waals surface area contributed by atoms with Gasteiger partial charge in [0.1, 0.15) is 0 Å². The topological polar surface area (TPSA) is 49.5 Å². The highest BCUT2D eigenvalue weighted by Gasteiger charge is 2.11. The van der Waals surface area contributed by atoms with Crippen molar-refractivity contribution in [1.29, 1.82) is 0 Å². The lowest BCUT2D eigenvalue weighted by atomic mass is 10.0. The van der Waals surface area contributed by atoms with Crippen LogP contribution in [0.25, 0.3) is 0 Å². The van der Waals surface area contributed by atoms with Crippen LogP contribution in [0.3, 0.4) is 0 Å². The summed E-state index contributed by atoms with van der Waals surface area (Å²) in [6.45, 7) is 1.70. The lowest BCUT2D eigenvalue weighted by Gasteiger charge is -2.17. The minimum Gasteiger partial charge on any atom is -0.391 e. The van der Waals surface area contributed by atoms with E-state index in [4.69, 9.17) is 5.73 Å². The van der Waals surface area contributed by atoms with Crippen LogP contribution >= 0.6 is 0 Å². The van der Waals surface area contributed by atoms with Crippen LogP contribution in [0, 0.1) is 0 Å². The van der Waals surface area contributed by atoms with Gasteiger partial charge in [-0.1, -0.05) is 12.1 Å². The number of benzene rings is 1. The molecule has 0 fully saturated rings. The van der Waals surface area contributed by atoms with Crippen LogP contribution in [0.1, 0.15) is 18.5 Å². The van der Waals surface area contributed by atoms with E-state index >= 15 is 0 Å². The number of aliphatic hydroxyl groups is 1. The molecule has 1 aromatic carbocycles. The zero-order valence-electron chi connectivity index (χ0n) is 8.94. The molecule has 0 aromatic heterocycles. The molecule has 0 radical (unpaired) electrons. The maximum Gasteiger partial charge on any atom is 0.0704 e. The van der Waals surface area contributed by atoms with Gasteiger partial charge in [-0.25, -0.2) is 0 Å². The number of hydrogen-bond donors (Lipinski definition) is 2. The summed E-state index contributed by atoms with van der Waals surface area (Å²) in [5.41, 5.74) is 7.89. The Balaban J connectivity index is 2.83. The van der Waals surface area contributed by atoms with E-state index in [0.717, 1.165) is 11.3 Å². The highest BCUT2D eigenvalue weighted by atomic mass is 16.3. The Morgan fingerprint density at radius 2 is 1.71 bits per heavy atom. The Kier molecular flexibility index (Phi) is 3.49. The fourth-order valence-electron chi connectivity index (χ4n) is 1.27. The fourth-order valence-corrected chi connectivity index (χ4v) is 1.27. The zero-order valence-corrected chi connectivity index (χ0v) is 8.94. The third-order valence-electron chi connectivity index (χ3n) is 2.31. The smallest absolute Gasteiger partial charge is 0.0704 e. The number of hydrogen-bond acceptors (Lipinski definition) is 3. The van der Waals surface area contributed by atoms with Crippen LogP contribution in [0.4, 0.5) is 5.69 Å². The quantitative estimate of drug-likeness (QED) is 0.758. The molecule has 0 spiro atoms. The molecule has 3 N–H and O–H groups in total. The van der Waals surface area contributed by atoms with Crippen molar-refractivity contribution < 1.29 is 5.11 Å². The van der Waals surface area contributed by atoms with Gasteiger partial charge in [-0.15, -0.1) is 0 Å². The van der Waals surface area contributed by atoms with Crippen molar-refractivity contribution in [3.05, 3.63) is 29.8 Å². The van der Waals surface area contributed by atoms with Crippen LogP contribution in [0.15, 0.2) is 24.3 Å². The summed E-state index contributed by atoms with van der Waals surface area (Å²) in [7, 11) is 3.98. The maximum atomic E-state index is 9.32. The average molecular weight is 194 g/mol. The van der Waals surface area contributed by atoms with Gasteiger partial charge in [0.2, 0.25) is 0 Å². The van der Waals surface area contributed by atoms with Gasteiger partial charge in [0.05, 0.1) is 12.1 Å². The van der Waals surface area contributed by atoms with E-state index in [1.807, 2.05) is 43.3 Å². The van der Waals surface area contributed by atoms with Gasteiger partial charge >= 0.3 is 0 Å². The molecular weight excluding hydrogens is 176 g/mol. The Morgan fingerprint density at radius 1 is 1.21 bits per heavy atom. The Labute approximate surface area is 85.2 Å². The lowest BCUT2D eigenvalue weighted by Crippen LogP contribution is -2.23. The molecule has 0 aliphatic heterocycles. The Bertz CT molecular complexity index is 280.